The molecule has 0 heterocycles. The van der Waals surface area contributed by atoms with E-state index in [4.69, 9.17) is 11.6 Å². The third-order valence-electron chi connectivity index (χ3n) is 4.68. The Kier molecular flexibility index (Phi) is 7.49. The van der Waals surface area contributed by atoms with E-state index in [-0.39, 0.29) is 11.8 Å². The van der Waals surface area contributed by atoms with Crippen molar-refractivity contribution in [2.45, 2.75) is 32.4 Å². The Balaban J connectivity index is 2.08. The number of halogens is 1. The Bertz CT molecular complexity index is 1070. The van der Waals surface area contributed by atoms with Gasteiger partial charge < -0.3 is 5.32 Å². The maximum Gasteiger partial charge on any atom is 0.252 e. The molecule has 1 N–H and O–H groups in total. The zero-order valence-corrected chi connectivity index (χ0v) is 19.2. The fourth-order valence-electron chi connectivity index (χ4n) is 3.31. The van der Waals surface area contributed by atoms with Crippen LogP contribution in [0.3, 0.4) is 0 Å². The van der Waals surface area contributed by atoms with Crippen molar-refractivity contribution in [2.24, 2.45) is 0 Å². The smallest absolute Gasteiger partial charge is 0.252 e. The van der Waals surface area contributed by atoms with Crippen molar-refractivity contribution >= 4 is 35.2 Å². The molecule has 3 rings (SSSR count). The van der Waals surface area contributed by atoms with Gasteiger partial charge in [-0.3, -0.25) is 14.5 Å². The molecule has 2 amide bonds. The number of rotatable bonds is 6. The minimum atomic E-state index is -0.857. The van der Waals surface area contributed by atoms with E-state index in [1.54, 1.807) is 30.3 Å². The Morgan fingerprint density at radius 3 is 2.00 bits per heavy atom. The third kappa shape index (κ3) is 6.32. The molecule has 0 radical (unpaired) electrons. The molecule has 0 saturated carbocycles. The minimum Gasteiger partial charge on any atom is -0.349 e. The zero-order chi connectivity index (χ0) is 23.1. The molecule has 0 aliphatic heterocycles. The van der Waals surface area contributed by atoms with Crippen molar-refractivity contribution in [3.63, 3.8) is 0 Å². The average molecular weight is 447 g/mol. The van der Waals surface area contributed by atoms with Gasteiger partial charge in [0.15, 0.2) is 0 Å². The van der Waals surface area contributed by atoms with Gasteiger partial charge in [-0.2, -0.15) is 0 Å². The van der Waals surface area contributed by atoms with Crippen molar-refractivity contribution < 1.29 is 9.59 Å². The molecule has 0 aliphatic carbocycles. The number of nitrogens with one attached hydrogen (secondary N) is 1. The van der Waals surface area contributed by atoms with Gasteiger partial charge in [0.1, 0.15) is 6.04 Å². The van der Waals surface area contributed by atoms with Crippen molar-refractivity contribution in [3.8, 4) is 0 Å². The number of hydrogen-bond acceptors (Lipinski definition) is 2. The lowest BCUT2D eigenvalue weighted by Crippen LogP contribution is -2.49. The summed E-state index contributed by atoms with van der Waals surface area (Å²) in [5.41, 5.74) is 1.73. The molecule has 0 fully saturated rings. The van der Waals surface area contributed by atoms with E-state index < -0.39 is 11.6 Å². The van der Waals surface area contributed by atoms with Gasteiger partial charge in [0.05, 0.1) is 0 Å². The van der Waals surface area contributed by atoms with Crippen LogP contribution in [0.25, 0.3) is 6.08 Å². The first-order chi connectivity index (χ1) is 15.2. The molecule has 4 nitrogen and oxygen atoms in total. The number of benzene rings is 3. The predicted molar refractivity (Wildman–Crippen MR) is 131 cm³/mol. The third-order valence-corrected chi connectivity index (χ3v) is 4.93. The highest BCUT2D eigenvalue weighted by molar-refractivity contribution is 6.30. The summed E-state index contributed by atoms with van der Waals surface area (Å²) in [4.78, 5) is 28.5. The van der Waals surface area contributed by atoms with Crippen LogP contribution in [0, 0.1) is 0 Å². The molecule has 164 valence electrons. The second kappa shape index (κ2) is 10.3. The summed E-state index contributed by atoms with van der Waals surface area (Å²) in [6.45, 7) is 5.74. The first-order valence-electron chi connectivity index (χ1n) is 10.4. The van der Waals surface area contributed by atoms with Gasteiger partial charge in [-0.15, -0.1) is 0 Å². The van der Waals surface area contributed by atoms with Crippen LogP contribution < -0.4 is 10.2 Å². The molecule has 1 unspecified atom stereocenters. The van der Waals surface area contributed by atoms with Crippen molar-refractivity contribution in [1.29, 1.82) is 0 Å². The van der Waals surface area contributed by atoms with Gasteiger partial charge in [-0.05, 0) is 62.2 Å². The van der Waals surface area contributed by atoms with Crippen LogP contribution in [0.4, 0.5) is 5.69 Å². The van der Waals surface area contributed by atoms with Crippen LogP contribution >= 0.6 is 11.6 Å². The molecule has 32 heavy (non-hydrogen) atoms. The number of amides is 2. The molecule has 0 aliphatic rings. The lowest BCUT2D eigenvalue weighted by Gasteiger charge is -2.33. The summed E-state index contributed by atoms with van der Waals surface area (Å²) in [6, 6.07) is 24.9. The van der Waals surface area contributed by atoms with E-state index in [1.165, 1.54) is 11.0 Å². The summed E-state index contributed by atoms with van der Waals surface area (Å²) >= 11 is 6.09. The van der Waals surface area contributed by atoms with Crippen LogP contribution in [0.2, 0.25) is 5.02 Å². The number of anilines is 1. The summed E-state index contributed by atoms with van der Waals surface area (Å²) in [5, 5.41) is 3.58. The molecule has 5 heteroatoms. The molecular weight excluding hydrogens is 420 g/mol. The maximum absolute atomic E-state index is 13.5. The standard InChI is InChI=1S/C27H27ClN2O2/c1-27(2,3)29-26(32)25(21-12-8-5-9-13-21)30(23-17-15-22(28)16-18-23)24(31)19-14-20-10-6-4-7-11-20/h4-19,25H,1-3H3,(H,29,32)/b19-14+. The second-order valence-corrected chi connectivity index (χ2v) is 8.92. The topological polar surface area (TPSA) is 49.4 Å². The maximum atomic E-state index is 13.5. The Morgan fingerprint density at radius 1 is 0.875 bits per heavy atom. The fourth-order valence-corrected chi connectivity index (χ4v) is 3.43. The van der Waals surface area contributed by atoms with Crippen LogP contribution in [0.1, 0.15) is 37.9 Å². The molecule has 0 bridgehead atoms. The Morgan fingerprint density at radius 2 is 1.44 bits per heavy atom. The minimum absolute atomic E-state index is 0.264. The van der Waals surface area contributed by atoms with E-state index in [2.05, 4.69) is 5.32 Å². The van der Waals surface area contributed by atoms with Crippen LogP contribution in [0.5, 0.6) is 0 Å². The van der Waals surface area contributed by atoms with Gasteiger partial charge in [-0.25, -0.2) is 0 Å². The number of hydrogen-bond donors (Lipinski definition) is 1. The molecule has 3 aromatic rings. The summed E-state index contributed by atoms with van der Waals surface area (Å²) in [7, 11) is 0. The van der Waals surface area contributed by atoms with Crippen molar-refractivity contribution in [3.05, 3.63) is 107 Å². The largest absolute Gasteiger partial charge is 0.349 e. The molecule has 0 aromatic heterocycles. The monoisotopic (exact) mass is 446 g/mol. The van der Waals surface area contributed by atoms with Gasteiger partial charge in [-0.1, -0.05) is 72.3 Å². The molecular formula is C27H27ClN2O2. The highest BCUT2D eigenvalue weighted by Gasteiger charge is 2.33. The number of carbonyl (C=O) groups excluding carboxylic acids is 2. The molecule has 0 spiro atoms. The van der Waals surface area contributed by atoms with E-state index >= 15 is 0 Å². The zero-order valence-electron chi connectivity index (χ0n) is 18.5. The van der Waals surface area contributed by atoms with E-state index in [1.807, 2.05) is 81.4 Å². The normalized spacial score (nSPS) is 12.4. The summed E-state index contributed by atoms with van der Waals surface area (Å²) < 4.78 is 0. The Hall–Kier alpha value is -3.37. The molecule has 3 aromatic carbocycles. The second-order valence-electron chi connectivity index (χ2n) is 8.48. The van der Waals surface area contributed by atoms with Crippen LogP contribution in [-0.4, -0.2) is 17.4 Å². The summed E-state index contributed by atoms with van der Waals surface area (Å²) in [5.74, 6) is -0.575. The fraction of sp³-hybridized carbons (Fsp3) is 0.185. The highest BCUT2D eigenvalue weighted by atomic mass is 35.5. The molecule has 0 saturated heterocycles. The Labute approximate surface area is 194 Å². The molecule has 1 atom stereocenters. The van der Waals surface area contributed by atoms with E-state index in [0.717, 1.165) is 5.56 Å². The van der Waals surface area contributed by atoms with Gasteiger partial charge in [0.2, 0.25) is 5.91 Å². The average Bonchev–Trinajstić information content (AvgIpc) is 2.76. The van der Waals surface area contributed by atoms with E-state index in [0.29, 0.717) is 16.3 Å². The van der Waals surface area contributed by atoms with Crippen LogP contribution in [0.15, 0.2) is 91.0 Å². The van der Waals surface area contributed by atoms with Crippen molar-refractivity contribution in [2.75, 3.05) is 4.90 Å². The highest BCUT2D eigenvalue weighted by Crippen LogP contribution is 2.30. The van der Waals surface area contributed by atoms with Gasteiger partial charge in [0, 0.05) is 22.3 Å². The SMILES string of the molecule is CC(C)(C)NC(=O)C(c1ccccc1)N(C(=O)/C=C/c1ccccc1)c1ccc(Cl)cc1. The number of nitrogens with zero attached hydrogens (tertiary/aromatic N) is 1. The summed E-state index contributed by atoms with van der Waals surface area (Å²) in [6.07, 6.45) is 3.24. The van der Waals surface area contributed by atoms with Gasteiger partial charge >= 0.3 is 0 Å². The lowest BCUT2D eigenvalue weighted by atomic mass is 10.0. The quantitative estimate of drug-likeness (QED) is 0.469. The first kappa shape index (κ1) is 23.3. The van der Waals surface area contributed by atoms with Crippen LogP contribution in [-0.2, 0) is 9.59 Å². The van der Waals surface area contributed by atoms with E-state index in [9.17, 15) is 9.59 Å². The van der Waals surface area contributed by atoms with Gasteiger partial charge in [0.25, 0.3) is 5.91 Å². The lowest BCUT2D eigenvalue weighted by molar-refractivity contribution is -0.126. The predicted octanol–water partition coefficient (Wildman–Crippen LogP) is 6.04. The number of carbonyl (C=O) groups is 2. The first-order valence-corrected chi connectivity index (χ1v) is 10.8. The van der Waals surface area contributed by atoms with Crippen molar-refractivity contribution in [1.82, 2.24) is 5.32 Å².